The topological polar surface area (TPSA) is 49.4 Å². The molecule has 4 nitrogen and oxygen atoms in total. The molecule has 0 radical (unpaired) electrons. The highest BCUT2D eigenvalue weighted by molar-refractivity contribution is 5.90. The van der Waals surface area contributed by atoms with Crippen LogP contribution in [-0.2, 0) is 9.59 Å². The zero-order valence-corrected chi connectivity index (χ0v) is 13.4. The molecule has 116 valence electrons. The third-order valence-corrected chi connectivity index (χ3v) is 4.01. The summed E-state index contributed by atoms with van der Waals surface area (Å²) in [7, 11) is 0. The first-order chi connectivity index (χ1) is 9.45. The van der Waals surface area contributed by atoms with Crippen molar-refractivity contribution >= 4 is 11.8 Å². The highest BCUT2D eigenvalue weighted by Crippen LogP contribution is 2.17. The van der Waals surface area contributed by atoms with Gasteiger partial charge in [0, 0.05) is 19.0 Å². The number of nitrogens with one attached hydrogen (secondary N) is 1. The molecule has 1 rings (SSSR count). The fourth-order valence-electron chi connectivity index (χ4n) is 2.76. The van der Waals surface area contributed by atoms with Gasteiger partial charge in [0.05, 0.1) is 0 Å². The zero-order valence-electron chi connectivity index (χ0n) is 13.4. The van der Waals surface area contributed by atoms with Crippen LogP contribution in [0.25, 0.3) is 0 Å². The van der Waals surface area contributed by atoms with E-state index in [1.807, 2.05) is 11.8 Å². The van der Waals surface area contributed by atoms with Crippen LogP contribution in [0, 0.1) is 5.92 Å². The lowest BCUT2D eigenvalue weighted by Crippen LogP contribution is -2.47. The predicted molar refractivity (Wildman–Crippen MR) is 81.3 cm³/mol. The van der Waals surface area contributed by atoms with E-state index in [2.05, 4.69) is 26.1 Å². The number of carbonyl (C=O) groups is 2. The summed E-state index contributed by atoms with van der Waals surface area (Å²) in [6.07, 6.45) is 5.44. The molecule has 4 heteroatoms. The van der Waals surface area contributed by atoms with Crippen molar-refractivity contribution in [1.29, 1.82) is 0 Å². The van der Waals surface area contributed by atoms with Crippen molar-refractivity contribution in [2.24, 2.45) is 5.92 Å². The van der Waals surface area contributed by atoms with Crippen molar-refractivity contribution < 1.29 is 9.59 Å². The Morgan fingerprint density at radius 2 is 1.95 bits per heavy atom. The average Bonchev–Trinajstić information content (AvgIpc) is 2.50. The summed E-state index contributed by atoms with van der Waals surface area (Å²) in [5.41, 5.74) is 0. The lowest BCUT2D eigenvalue weighted by atomic mass is 10.0. The van der Waals surface area contributed by atoms with Crippen molar-refractivity contribution in [3.8, 4) is 0 Å². The number of hydrogen-bond donors (Lipinski definition) is 1. The third kappa shape index (κ3) is 5.14. The highest BCUT2D eigenvalue weighted by Gasteiger charge is 2.31. The smallest absolute Gasteiger partial charge is 0.245 e. The molecule has 1 saturated heterocycles. The molecule has 0 saturated carbocycles. The molecule has 2 unspecified atom stereocenters. The standard InChI is InChI=1S/C16H30N2O2/c1-5-7-14-16(20)18(11-10-15(19)17-14)13(4)9-6-8-12(2)3/h12-14H,5-11H2,1-4H3,(H,17,19). The Bertz CT molecular complexity index is 328. The lowest BCUT2D eigenvalue weighted by molar-refractivity contribution is -0.135. The van der Waals surface area contributed by atoms with Crippen molar-refractivity contribution in [3.05, 3.63) is 0 Å². The quantitative estimate of drug-likeness (QED) is 0.780. The summed E-state index contributed by atoms with van der Waals surface area (Å²) < 4.78 is 0. The van der Waals surface area contributed by atoms with E-state index in [1.165, 1.54) is 6.42 Å². The summed E-state index contributed by atoms with van der Waals surface area (Å²) in [6.45, 7) is 9.16. The fraction of sp³-hybridized carbons (Fsp3) is 0.875. The molecule has 1 fully saturated rings. The molecule has 1 N–H and O–H groups in total. The Morgan fingerprint density at radius 3 is 2.55 bits per heavy atom. The number of rotatable bonds is 7. The number of nitrogens with zero attached hydrogens (tertiary/aromatic N) is 1. The predicted octanol–water partition coefficient (Wildman–Crippen LogP) is 2.72. The van der Waals surface area contributed by atoms with Crippen LogP contribution < -0.4 is 5.32 Å². The molecular weight excluding hydrogens is 252 g/mol. The van der Waals surface area contributed by atoms with Crippen molar-refractivity contribution in [3.63, 3.8) is 0 Å². The van der Waals surface area contributed by atoms with Gasteiger partial charge in [-0.2, -0.15) is 0 Å². The number of carbonyl (C=O) groups excluding carboxylic acids is 2. The Morgan fingerprint density at radius 1 is 1.25 bits per heavy atom. The summed E-state index contributed by atoms with van der Waals surface area (Å²) in [4.78, 5) is 26.1. The van der Waals surface area contributed by atoms with E-state index < -0.39 is 0 Å². The molecule has 1 heterocycles. The van der Waals surface area contributed by atoms with Crippen LogP contribution in [0.3, 0.4) is 0 Å². The monoisotopic (exact) mass is 282 g/mol. The van der Waals surface area contributed by atoms with Gasteiger partial charge in [-0.1, -0.05) is 40.0 Å². The van der Waals surface area contributed by atoms with Gasteiger partial charge in [0.2, 0.25) is 11.8 Å². The maximum atomic E-state index is 12.5. The molecule has 0 spiro atoms. The van der Waals surface area contributed by atoms with E-state index in [9.17, 15) is 9.59 Å². The Kier molecular flexibility index (Phi) is 7.03. The molecule has 2 amide bonds. The summed E-state index contributed by atoms with van der Waals surface area (Å²) in [6, 6.07) is -0.0872. The van der Waals surface area contributed by atoms with Crippen molar-refractivity contribution in [1.82, 2.24) is 10.2 Å². The van der Waals surface area contributed by atoms with Gasteiger partial charge >= 0.3 is 0 Å². The van der Waals surface area contributed by atoms with E-state index >= 15 is 0 Å². The molecule has 2 atom stereocenters. The molecule has 1 aliphatic rings. The molecule has 0 aliphatic carbocycles. The van der Waals surface area contributed by atoms with Crippen LogP contribution >= 0.6 is 0 Å². The Balaban J connectivity index is 2.61. The second-order valence-electron chi connectivity index (χ2n) is 6.36. The minimum absolute atomic E-state index is 0.00804. The molecular formula is C16H30N2O2. The van der Waals surface area contributed by atoms with E-state index in [4.69, 9.17) is 0 Å². The first kappa shape index (κ1) is 17.0. The SMILES string of the molecule is CCCC1NC(=O)CCN(C(C)CCCC(C)C)C1=O. The van der Waals surface area contributed by atoms with Gasteiger partial charge in [0.25, 0.3) is 0 Å². The van der Waals surface area contributed by atoms with Crippen LogP contribution in [0.1, 0.15) is 66.2 Å². The van der Waals surface area contributed by atoms with Crippen LogP contribution in [0.5, 0.6) is 0 Å². The Labute approximate surface area is 123 Å². The van der Waals surface area contributed by atoms with Gasteiger partial charge in [-0.3, -0.25) is 9.59 Å². The third-order valence-electron chi connectivity index (χ3n) is 4.01. The average molecular weight is 282 g/mol. The Hall–Kier alpha value is -1.06. The fourth-order valence-corrected chi connectivity index (χ4v) is 2.76. The van der Waals surface area contributed by atoms with Crippen molar-refractivity contribution in [2.45, 2.75) is 78.3 Å². The minimum Gasteiger partial charge on any atom is -0.344 e. The first-order valence-corrected chi connectivity index (χ1v) is 8.05. The van der Waals surface area contributed by atoms with Gasteiger partial charge in [0.1, 0.15) is 6.04 Å². The molecule has 20 heavy (non-hydrogen) atoms. The van der Waals surface area contributed by atoms with Crippen molar-refractivity contribution in [2.75, 3.05) is 6.54 Å². The van der Waals surface area contributed by atoms with E-state index in [1.54, 1.807) is 0 Å². The molecule has 0 bridgehead atoms. The molecule has 1 aliphatic heterocycles. The van der Waals surface area contributed by atoms with Crippen LogP contribution in [0.4, 0.5) is 0 Å². The normalized spacial score (nSPS) is 21.9. The van der Waals surface area contributed by atoms with E-state index in [0.29, 0.717) is 18.9 Å². The second kappa shape index (κ2) is 8.28. The van der Waals surface area contributed by atoms with Crippen LogP contribution in [0.15, 0.2) is 0 Å². The van der Waals surface area contributed by atoms with Gasteiger partial charge in [-0.25, -0.2) is 0 Å². The molecule has 0 aromatic heterocycles. The zero-order chi connectivity index (χ0) is 15.1. The largest absolute Gasteiger partial charge is 0.344 e. The minimum atomic E-state index is -0.317. The maximum Gasteiger partial charge on any atom is 0.245 e. The van der Waals surface area contributed by atoms with Crippen LogP contribution in [0.2, 0.25) is 0 Å². The van der Waals surface area contributed by atoms with Gasteiger partial charge < -0.3 is 10.2 Å². The van der Waals surface area contributed by atoms with E-state index in [-0.39, 0.29) is 23.9 Å². The van der Waals surface area contributed by atoms with Gasteiger partial charge in [-0.15, -0.1) is 0 Å². The first-order valence-electron chi connectivity index (χ1n) is 8.05. The maximum absolute atomic E-state index is 12.5. The lowest BCUT2D eigenvalue weighted by Gasteiger charge is -2.30. The summed E-state index contributed by atoms with van der Waals surface area (Å²) >= 11 is 0. The summed E-state index contributed by atoms with van der Waals surface area (Å²) in [5, 5.41) is 2.86. The highest BCUT2D eigenvalue weighted by atomic mass is 16.2. The number of amides is 2. The molecule has 0 aromatic rings. The van der Waals surface area contributed by atoms with Gasteiger partial charge in [-0.05, 0) is 25.7 Å². The number of hydrogen-bond acceptors (Lipinski definition) is 2. The molecule has 0 aromatic carbocycles. The van der Waals surface area contributed by atoms with Gasteiger partial charge in [0.15, 0.2) is 0 Å². The summed E-state index contributed by atoms with van der Waals surface area (Å²) in [5.74, 6) is 0.821. The second-order valence-corrected chi connectivity index (χ2v) is 6.36. The van der Waals surface area contributed by atoms with Crippen LogP contribution in [-0.4, -0.2) is 35.3 Å². The van der Waals surface area contributed by atoms with E-state index in [0.717, 1.165) is 25.7 Å².